The summed E-state index contributed by atoms with van der Waals surface area (Å²) in [6, 6.07) is 8.93. The van der Waals surface area contributed by atoms with Gasteiger partial charge in [0, 0.05) is 29.9 Å². The Balaban J connectivity index is 1.69. The molecule has 3 heterocycles. The summed E-state index contributed by atoms with van der Waals surface area (Å²) >= 11 is 0. The Morgan fingerprint density at radius 1 is 1.16 bits per heavy atom. The molecule has 5 rings (SSSR count). The van der Waals surface area contributed by atoms with Gasteiger partial charge >= 0.3 is 0 Å². The van der Waals surface area contributed by atoms with Gasteiger partial charge in [-0.25, -0.2) is 9.97 Å². The molecule has 0 spiro atoms. The fraction of sp³-hybridized carbons (Fsp3) is 0.227. The van der Waals surface area contributed by atoms with Gasteiger partial charge in [0.25, 0.3) is 11.1 Å². The number of H-pyrrole nitrogens is 2. The summed E-state index contributed by atoms with van der Waals surface area (Å²) in [6.07, 6.45) is 2.31. The average molecular weight is 417 g/mol. The average Bonchev–Trinajstić information content (AvgIpc) is 3.10. The van der Waals surface area contributed by atoms with Crippen LogP contribution in [0, 0.1) is 6.92 Å². The fourth-order valence-electron chi connectivity index (χ4n) is 4.28. The number of carbonyl (C=O) groups excluding carboxylic acids is 1. The molecule has 0 fully saturated rings. The van der Waals surface area contributed by atoms with E-state index in [0.29, 0.717) is 46.4 Å². The van der Waals surface area contributed by atoms with E-state index >= 15 is 0 Å². The van der Waals surface area contributed by atoms with Crippen molar-refractivity contribution in [2.75, 3.05) is 7.11 Å². The summed E-state index contributed by atoms with van der Waals surface area (Å²) in [6.45, 7) is 1.67. The third-order valence-corrected chi connectivity index (χ3v) is 5.65. The van der Waals surface area contributed by atoms with Crippen LogP contribution in [0.1, 0.15) is 39.5 Å². The number of methoxy groups -OCH3 is 1. The monoisotopic (exact) mass is 417 g/mol. The molecule has 0 aliphatic heterocycles. The lowest BCUT2D eigenvalue weighted by Gasteiger charge is -2.25. The number of benzene rings is 1. The van der Waals surface area contributed by atoms with Crippen molar-refractivity contribution < 1.29 is 9.53 Å². The predicted octanol–water partition coefficient (Wildman–Crippen LogP) is 2.03. The van der Waals surface area contributed by atoms with Gasteiger partial charge in [0.1, 0.15) is 5.75 Å². The van der Waals surface area contributed by atoms with Crippen molar-refractivity contribution in [3.8, 4) is 11.7 Å². The largest absolute Gasteiger partial charge is 0.496 e. The predicted molar refractivity (Wildman–Crippen MR) is 113 cm³/mol. The van der Waals surface area contributed by atoms with Gasteiger partial charge in [0.05, 0.1) is 12.5 Å². The first-order chi connectivity index (χ1) is 15.0. The zero-order chi connectivity index (χ0) is 21.7. The number of pyridine rings is 1. The van der Waals surface area contributed by atoms with Gasteiger partial charge in [-0.1, -0.05) is 18.2 Å². The van der Waals surface area contributed by atoms with Crippen molar-refractivity contribution in [3.63, 3.8) is 0 Å². The number of fused-ring (bicyclic) bond motifs is 3. The minimum atomic E-state index is -0.415. The van der Waals surface area contributed by atoms with E-state index in [1.54, 1.807) is 14.0 Å². The molecule has 1 atom stereocenters. The molecule has 156 valence electrons. The Morgan fingerprint density at radius 2 is 1.97 bits per heavy atom. The number of carbonyl (C=O) groups is 1. The fourth-order valence-corrected chi connectivity index (χ4v) is 4.28. The summed E-state index contributed by atoms with van der Waals surface area (Å²) in [5.74, 6) is 0.592. The van der Waals surface area contributed by atoms with Crippen LogP contribution in [0.5, 0.6) is 5.75 Å². The van der Waals surface area contributed by atoms with E-state index in [0.717, 1.165) is 10.2 Å². The van der Waals surface area contributed by atoms with Gasteiger partial charge in [0.15, 0.2) is 11.4 Å². The van der Waals surface area contributed by atoms with Crippen LogP contribution < -0.4 is 15.9 Å². The quantitative estimate of drug-likeness (QED) is 0.526. The summed E-state index contributed by atoms with van der Waals surface area (Å²) in [4.78, 5) is 49.2. The zero-order valence-electron chi connectivity index (χ0n) is 16.9. The highest BCUT2D eigenvalue weighted by Gasteiger charge is 2.31. The lowest BCUT2D eigenvalue weighted by molar-refractivity contribution is 0.0964. The minimum absolute atomic E-state index is 0.0687. The Hall–Kier alpha value is -4.01. The van der Waals surface area contributed by atoms with Crippen LogP contribution in [-0.2, 0) is 6.42 Å². The number of aryl methyl sites for hydroxylation is 1. The van der Waals surface area contributed by atoms with E-state index in [1.807, 2.05) is 24.3 Å². The number of ether oxygens (including phenoxy) is 1. The highest BCUT2D eigenvalue weighted by Crippen LogP contribution is 2.38. The van der Waals surface area contributed by atoms with E-state index in [9.17, 15) is 14.4 Å². The van der Waals surface area contributed by atoms with Crippen LogP contribution in [0.4, 0.5) is 0 Å². The number of hydrogen-bond donors (Lipinski definition) is 2. The summed E-state index contributed by atoms with van der Waals surface area (Å²) in [7, 11) is 1.60. The van der Waals surface area contributed by atoms with E-state index in [4.69, 9.17) is 4.74 Å². The van der Waals surface area contributed by atoms with Gasteiger partial charge in [-0.2, -0.15) is 4.68 Å². The summed E-state index contributed by atoms with van der Waals surface area (Å²) < 4.78 is 6.64. The van der Waals surface area contributed by atoms with Crippen molar-refractivity contribution >= 4 is 16.8 Å². The Kier molecular flexibility index (Phi) is 4.32. The highest BCUT2D eigenvalue weighted by molar-refractivity contribution is 6.02. The third kappa shape index (κ3) is 3.05. The molecular formula is C22H19N5O4. The summed E-state index contributed by atoms with van der Waals surface area (Å²) in [5.41, 5.74) is 2.05. The second-order valence-electron chi connectivity index (χ2n) is 7.61. The first-order valence-corrected chi connectivity index (χ1v) is 9.83. The maximum absolute atomic E-state index is 13.3. The molecule has 0 amide bonds. The summed E-state index contributed by atoms with van der Waals surface area (Å²) in [5, 5.41) is 3.23. The number of nitrogens with one attached hydrogen (secondary N) is 2. The van der Waals surface area contributed by atoms with E-state index < -0.39 is 5.56 Å². The molecular weight excluding hydrogens is 398 g/mol. The third-order valence-electron chi connectivity index (χ3n) is 5.65. The molecule has 31 heavy (non-hydrogen) atoms. The van der Waals surface area contributed by atoms with Crippen LogP contribution in [0.3, 0.4) is 0 Å². The number of Topliss-reactive ketones (excluding diaryl/α,β-unsaturated/α-hetero) is 1. The number of ketones is 1. The zero-order valence-corrected chi connectivity index (χ0v) is 16.9. The smallest absolute Gasteiger partial charge is 0.283 e. The van der Waals surface area contributed by atoms with Gasteiger partial charge < -0.3 is 4.74 Å². The second kappa shape index (κ2) is 7.05. The van der Waals surface area contributed by atoms with Crippen LogP contribution in [0.15, 0.2) is 46.1 Å². The van der Waals surface area contributed by atoms with E-state index in [2.05, 4.69) is 20.1 Å². The maximum Gasteiger partial charge on any atom is 0.283 e. The molecule has 9 nitrogen and oxygen atoms in total. The van der Waals surface area contributed by atoms with E-state index in [-0.39, 0.29) is 23.2 Å². The number of nitrogens with zero attached hydrogens (tertiary/aromatic N) is 3. The number of rotatable bonds is 3. The molecule has 0 unspecified atom stereocenters. The van der Waals surface area contributed by atoms with Gasteiger partial charge in [-0.05, 0) is 36.5 Å². The Morgan fingerprint density at radius 3 is 2.74 bits per heavy atom. The minimum Gasteiger partial charge on any atom is -0.496 e. The van der Waals surface area contributed by atoms with Crippen molar-refractivity contribution in [1.82, 2.24) is 24.7 Å². The number of para-hydroxylation sites is 1. The molecule has 2 N–H and O–H groups in total. The number of aromatic amines is 2. The highest BCUT2D eigenvalue weighted by atomic mass is 16.5. The molecule has 9 heteroatoms. The molecule has 0 radical (unpaired) electrons. The van der Waals surface area contributed by atoms with Gasteiger partial charge in [0.2, 0.25) is 5.95 Å². The van der Waals surface area contributed by atoms with Crippen molar-refractivity contribution in [2.24, 2.45) is 0 Å². The Labute approximate surface area is 175 Å². The van der Waals surface area contributed by atoms with Crippen LogP contribution in [-0.4, -0.2) is 37.6 Å². The van der Waals surface area contributed by atoms with Crippen LogP contribution in [0.25, 0.3) is 17.0 Å². The maximum atomic E-state index is 13.3. The van der Waals surface area contributed by atoms with Crippen molar-refractivity contribution in [1.29, 1.82) is 0 Å². The Bertz CT molecular complexity index is 1460. The van der Waals surface area contributed by atoms with Crippen molar-refractivity contribution in [2.45, 2.75) is 25.7 Å². The number of hydrogen-bond acceptors (Lipinski definition) is 6. The van der Waals surface area contributed by atoms with Gasteiger partial charge in [-0.3, -0.25) is 24.5 Å². The first-order valence-electron chi connectivity index (χ1n) is 9.83. The molecule has 0 saturated heterocycles. The molecule has 0 bridgehead atoms. The van der Waals surface area contributed by atoms with Crippen LogP contribution in [0.2, 0.25) is 0 Å². The van der Waals surface area contributed by atoms with Crippen molar-refractivity contribution in [3.05, 3.63) is 79.6 Å². The van der Waals surface area contributed by atoms with Crippen LogP contribution >= 0.6 is 0 Å². The number of aromatic nitrogens is 5. The molecule has 1 aromatic carbocycles. The second-order valence-corrected chi connectivity index (χ2v) is 7.61. The molecule has 3 aromatic heterocycles. The first kappa shape index (κ1) is 19.0. The lowest BCUT2D eigenvalue weighted by Crippen LogP contribution is -2.24. The normalized spacial score (nSPS) is 15.8. The molecule has 4 aromatic rings. The SMILES string of the molecule is COc1ccccc1[C@@H]1CC(=O)c2cnc3[nH]n(-c4nc(C)cc(=O)[nH]4)c(=O)c3c2C1. The van der Waals surface area contributed by atoms with E-state index in [1.165, 1.54) is 12.3 Å². The molecule has 1 aliphatic carbocycles. The standard InChI is InChI=1S/C22H19N5O4/c1-11-7-18(29)25-22(24-11)27-21(30)19-14-8-12(13-5-3-4-6-17(13)31-2)9-16(28)15(14)10-23-20(19)26-27/h3-7,10,12H,8-9H2,1-2H3,(H,23,26)(H,24,25,29)/t12-/m0/s1. The molecule has 1 aliphatic rings. The lowest BCUT2D eigenvalue weighted by atomic mass is 9.79. The topological polar surface area (TPSA) is 123 Å². The van der Waals surface area contributed by atoms with Gasteiger partial charge in [-0.15, -0.1) is 0 Å². The molecule has 0 saturated carbocycles.